The van der Waals surface area contributed by atoms with Crippen molar-refractivity contribution in [2.24, 2.45) is 0 Å². The Bertz CT molecular complexity index is 759. The third-order valence-corrected chi connectivity index (χ3v) is 3.48. The number of hydrogen-bond donors (Lipinski definition) is 1. The Morgan fingerprint density at radius 3 is 2.42 bits per heavy atom. The van der Waals surface area contributed by atoms with Crippen molar-refractivity contribution >= 4 is 29.3 Å². The molecular weight excluding hydrogens is 330 g/mol. The minimum atomic E-state index is -0.283. The van der Waals surface area contributed by atoms with Gasteiger partial charge in [-0.15, -0.1) is 0 Å². The van der Waals surface area contributed by atoms with E-state index in [1.165, 1.54) is 20.3 Å². The van der Waals surface area contributed by atoms with E-state index >= 15 is 0 Å². The molecule has 0 fully saturated rings. The summed E-state index contributed by atoms with van der Waals surface area (Å²) in [4.78, 5) is 12.0. The van der Waals surface area contributed by atoms with Crippen LogP contribution in [0, 0.1) is 0 Å². The zero-order valence-electron chi connectivity index (χ0n) is 13.6. The highest BCUT2D eigenvalue weighted by Crippen LogP contribution is 2.40. The van der Waals surface area contributed by atoms with E-state index in [-0.39, 0.29) is 5.91 Å². The quantitative estimate of drug-likeness (QED) is 0.802. The van der Waals surface area contributed by atoms with E-state index in [4.69, 9.17) is 25.8 Å². The van der Waals surface area contributed by atoms with Gasteiger partial charge < -0.3 is 19.5 Å². The lowest BCUT2D eigenvalue weighted by atomic mass is 10.1. The molecule has 0 aliphatic carbocycles. The van der Waals surface area contributed by atoms with Gasteiger partial charge in [-0.3, -0.25) is 4.79 Å². The number of rotatable bonds is 6. The molecule has 2 aromatic carbocycles. The normalized spacial score (nSPS) is 10.5. The van der Waals surface area contributed by atoms with Gasteiger partial charge in [0.2, 0.25) is 11.7 Å². The molecular formula is C18H18ClNO4. The fraction of sp³-hybridized carbons (Fsp3) is 0.167. The highest BCUT2D eigenvalue weighted by atomic mass is 35.5. The van der Waals surface area contributed by atoms with Gasteiger partial charge >= 0.3 is 0 Å². The van der Waals surface area contributed by atoms with Crippen molar-refractivity contribution in [2.45, 2.75) is 0 Å². The van der Waals surface area contributed by atoms with E-state index in [2.05, 4.69) is 5.32 Å². The van der Waals surface area contributed by atoms with Gasteiger partial charge in [0, 0.05) is 22.3 Å². The smallest absolute Gasteiger partial charge is 0.248 e. The summed E-state index contributed by atoms with van der Waals surface area (Å²) in [7, 11) is 4.60. The number of halogens is 1. The summed E-state index contributed by atoms with van der Waals surface area (Å²) in [6, 6.07) is 10.5. The Balaban J connectivity index is 2.20. The lowest BCUT2D eigenvalue weighted by Gasteiger charge is -2.13. The van der Waals surface area contributed by atoms with Gasteiger partial charge in [0.25, 0.3) is 0 Å². The maximum absolute atomic E-state index is 12.0. The average Bonchev–Trinajstić information content (AvgIpc) is 2.58. The highest BCUT2D eigenvalue weighted by Gasteiger charge is 2.14. The summed E-state index contributed by atoms with van der Waals surface area (Å²) in [5, 5.41) is 3.29. The van der Waals surface area contributed by atoms with Crippen molar-refractivity contribution in [3.05, 3.63) is 53.1 Å². The van der Waals surface area contributed by atoms with E-state index < -0.39 is 0 Å². The molecule has 6 heteroatoms. The van der Waals surface area contributed by atoms with Crippen molar-refractivity contribution in [1.29, 1.82) is 0 Å². The van der Waals surface area contributed by atoms with Crippen LogP contribution < -0.4 is 19.5 Å². The molecule has 2 rings (SSSR count). The fourth-order valence-corrected chi connectivity index (χ4v) is 2.36. The van der Waals surface area contributed by atoms with Crippen LogP contribution in [0.15, 0.2) is 42.5 Å². The molecule has 5 nitrogen and oxygen atoms in total. The van der Waals surface area contributed by atoms with Crippen LogP contribution in [0.1, 0.15) is 5.56 Å². The number of hydrogen-bond acceptors (Lipinski definition) is 4. The molecule has 0 saturated carbocycles. The lowest BCUT2D eigenvalue weighted by molar-refractivity contribution is -0.111. The first-order valence-corrected chi connectivity index (χ1v) is 7.50. The monoisotopic (exact) mass is 347 g/mol. The summed E-state index contributed by atoms with van der Waals surface area (Å²) in [6.45, 7) is 0. The second-order valence-corrected chi connectivity index (χ2v) is 5.19. The van der Waals surface area contributed by atoms with Crippen LogP contribution in [-0.2, 0) is 4.79 Å². The number of amides is 1. The van der Waals surface area contributed by atoms with Crippen molar-refractivity contribution in [2.75, 3.05) is 26.6 Å². The van der Waals surface area contributed by atoms with E-state index in [0.717, 1.165) is 0 Å². The summed E-state index contributed by atoms with van der Waals surface area (Å²) in [6.07, 6.45) is 3.05. The largest absolute Gasteiger partial charge is 0.493 e. The summed E-state index contributed by atoms with van der Waals surface area (Å²) >= 11 is 5.89. The number of methoxy groups -OCH3 is 3. The highest BCUT2D eigenvalue weighted by molar-refractivity contribution is 6.30. The van der Waals surface area contributed by atoms with Gasteiger partial charge in [0.1, 0.15) is 0 Å². The Hall–Kier alpha value is -2.66. The SMILES string of the molecule is COc1ccc(/C=C/C(=O)Nc2cccc(Cl)c2)c(OC)c1OC. The van der Waals surface area contributed by atoms with Gasteiger partial charge in [-0.2, -0.15) is 0 Å². The van der Waals surface area contributed by atoms with Gasteiger partial charge in [0.05, 0.1) is 21.3 Å². The predicted octanol–water partition coefficient (Wildman–Crippen LogP) is 4.02. The van der Waals surface area contributed by atoms with Crippen molar-refractivity contribution in [1.82, 2.24) is 0 Å². The Morgan fingerprint density at radius 1 is 1.04 bits per heavy atom. The van der Waals surface area contributed by atoms with E-state index in [1.54, 1.807) is 49.6 Å². The first-order chi connectivity index (χ1) is 11.6. The average molecular weight is 348 g/mol. The first-order valence-electron chi connectivity index (χ1n) is 7.12. The third kappa shape index (κ3) is 4.20. The van der Waals surface area contributed by atoms with Gasteiger partial charge in [-0.1, -0.05) is 17.7 Å². The second-order valence-electron chi connectivity index (χ2n) is 4.76. The van der Waals surface area contributed by atoms with Crippen LogP contribution in [0.4, 0.5) is 5.69 Å². The zero-order chi connectivity index (χ0) is 17.5. The van der Waals surface area contributed by atoms with Crippen LogP contribution in [0.3, 0.4) is 0 Å². The molecule has 0 aliphatic rings. The summed E-state index contributed by atoms with van der Waals surface area (Å²) in [5.41, 5.74) is 1.31. The molecule has 2 aromatic rings. The molecule has 0 aromatic heterocycles. The van der Waals surface area contributed by atoms with Crippen LogP contribution >= 0.6 is 11.6 Å². The summed E-state index contributed by atoms with van der Waals surface area (Å²) < 4.78 is 15.9. The molecule has 126 valence electrons. The molecule has 24 heavy (non-hydrogen) atoms. The van der Waals surface area contributed by atoms with Crippen molar-refractivity contribution < 1.29 is 19.0 Å². The van der Waals surface area contributed by atoms with E-state index in [1.807, 2.05) is 0 Å². The Morgan fingerprint density at radius 2 is 1.79 bits per heavy atom. The first kappa shape index (κ1) is 17.7. The molecule has 1 N–H and O–H groups in total. The lowest BCUT2D eigenvalue weighted by Crippen LogP contribution is -2.07. The van der Waals surface area contributed by atoms with Crippen LogP contribution in [0.2, 0.25) is 5.02 Å². The molecule has 1 amide bonds. The van der Waals surface area contributed by atoms with Crippen LogP contribution in [0.5, 0.6) is 17.2 Å². The number of carbonyl (C=O) groups excluding carboxylic acids is 1. The second kappa shape index (κ2) is 8.26. The minimum absolute atomic E-state index is 0.283. The topological polar surface area (TPSA) is 56.8 Å². The van der Waals surface area contributed by atoms with Crippen LogP contribution in [-0.4, -0.2) is 27.2 Å². The molecule has 0 bridgehead atoms. The standard InChI is InChI=1S/C18H18ClNO4/c1-22-15-9-7-12(17(23-2)18(15)24-3)8-10-16(21)20-14-6-4-5-13(19)11-14/h4-11H,1-3H3,(H,20,21)/b10-8+. The number of anilines is 1. The Kier molecular flexibility index (Phi) is 6.09. The van der Waals surface area contributed by atoms with Gasteiger partial charge in [0.15, 0.2) is 11.5 Å². The van der Waals surface area contributed by atoms with E-state index in [9.17, 15) is 4.79 Å². The molecule has 0 heterocycles. The maximum atomic E-state index is 12.0. The van der Waals surface area contributed by atoms with Gasteiger partial charge in [-0.05, 0) is 36.4 Å². The van der Waals surface area contributed by atoms with Gasteiger partial charge in [-0.25, -0.2) is 0 Å². The van der Waals surface area contributed by atoms with Crippen LogP contribution in [0.25, 0.3) is 6.08 Å². The van der Waals surface area contributed by atoms with Crippen molar-refractivity contribution in [3.8, 4) is 17.2 Å². The number of benzene rings is 2. The number of carbonyl (C=O) groups is 1. The maximum Gasteiger partial charge on any atom is 0.248 e. The molecule has 0 aliphatic heterocycles. The molecule has 0 spiro atoms. The Labute approximate surface area is 145 Å². The molecule has 0 unspecified atom stereocenters. The number of ether oxygens (including phenoxy) is 3. The minimum Gasteiger partial charge on any atom is -0.493 e. The molecule has 0 radical (unpaired) electrons. The molecule has 0 saturated heterocycles. The predicted molar refractivity (Wildman–Crippen MR) is 95.2 cm³/mol. The number of nitrogens with one attached hydrogen (secondary N) is 1. The third-order valence-electron chi connectivity index (χ3n) is 3.24. The van der Waals surface area contributed by atoms with Crippen molar-refractivity contribution in [3.63, 3.8) is 0 Å². The molecule has 0 atom stereocenters. The summed E-state index contributed by atoms with van der Waals surface area (Å²) in [5.74, 6) is 1.23. The zero-order valence-corrected chi connectivity index (χ0v) is 14.4. The van der Waals surface area contributed by atoms with E-state index in [0.29, 0.717) is 33.5 Å². The fourth-order valence-electron chi connectivity index (χ4n) is 2.17.